The van der Waals surface area contributed by atoms with Crippen molar-refractivity contribution in [3.63, 3.8) is 0 Å². The van der Waals surface area contributed by atoms with Crippen molar-refractivity contribution in [3.05, 3.63) is 42.1 Å². The fourth-order valence-electron chi connectivity index (χ4n) is 1.53. The minimum atomic E-state index is -0.110. The Balaban J connectivity index is 2.14. The van der Waals surface area contributed by atoms with Crippen molar-refractivity contribution < 1.29 is 4.79 Å². The van der Waals surface area contributed by atoms with E-state index in [2.05, 4.69) is 15.5 Å². The van der Waals surface area contributed by atoms with Crippen LogP contribution < -0.4 is 5.32 Å². The molecule has 4 heteroatoms. The van der Waals surface area contributed by atoms with Crippen molar-refractivity contribution in [2.75, 3.05) is 6.54 Å². The molecular formula is C13H15N3O. The number of carbonyl (C=O) groups is 1. The molecule has 0 fully saturated rings. The first-order valence-electron chi connectivity index (χ1n) is 5.70. The zero-order chi connectivity index (χ0) is 12.1. The van der Waals surface area contributed by atoms with E-state index >= 15 is 0 Å². The molecule has 88 valence electrons. The molecule has 0 bridgehead atoms. The molecular weight excluding hydrogens is 214 g/mol. The average Bonchev–Trinajstić information content (AvgIpc) is 2.86. The minimum Gasteiger partial charge on any atom is -0.351 e. The van der Waals surface area contributed by atoms with Gasteiger partial charge in [-0.1, -0.05) is 37.3 Å². The number of carbonyl (C=O) groups excluding carboxylic acids is 1. The summed E-state index contributed by atoms with van der Waals surface area (Å²) >= 11 is 0. The maximum Gasteiger partial charge on any atom is 0.269 e. The molecule has 0 unspecified atom stereocenters. The van der Waals surface area contributed by atoms with Crippen molar-refractivity contribution in [2.45, 2.75) is 13.3 Å². The van der Waals surface area contributed by atoms with Crippen molar-refractivity contribution in [3.8, 4) is 11.3 Å². The van der Waals surface area contributed by atoms with Gasteiger partial charge >= 0.3 is 0 Å². The van der Waals surface area contributed by atoms with Crippen LogP contribution in [0.25, 0.3) is 11.3 Å². The lowest BCUT2D eigenvalue weighted by molar-refractivity contribution is 0.0948. The van der Waals surface area contributed by atoms with Crippen LogP contribution >= 0.6 is 0 Å². The molecule has 2 aromatic rings. The summed E-state index contributed by atoms with van der Waals surface area (Å²) in [5.41, 5.74) is 2.28. The maximum absolute atomic E-state index is 11.7. The standard InChI is InChI=1S/C13H15N3O/c1-2-8-14-13(17)12-9-11(15-16-12)10-6-4-3-5-7-10/h3-7,9H,2,8H2,1H3,(H,14,17)(H,15,16). The highest BCUT2D eigenvalue weighted by Gasteiger charge is 2.09. The molecule has 0 aliphatic rings. The molecule has 0 atom stereocenters. The molecule has 0 saturated heterocycles. The Morgan fingerprint density at radius 3 is 2.82 bits per heavy atom. The van der Waals surface area contributed by atoms with Crippen molar-refractivity contribution in [2.24, 2.45) is 0 Å². The van der Waals surface area contributed by atoms with Crippen LogP contribution in [0.4, 0.5) is 0 Å². The van der Waals surface area contributed by atoms with Crippen molar-refractivity contribution in [1.29, 1.82) is 0 Å². The van der Waals surface area contributed by atoms with E-state index in [1.54, 1.807) is 6.07 Å². The van der Waals surface area contributed by atoms with Crippen LogP contribution in [0, 0.1) is 0 Å². The second-order valence-corrected chi connectivity index (χ2v) is 3.79. The predicted octanol–water partition coefficient (Wildman–Crippen LogP) is 2.22. The molecule has 1 heterocycles. The SMILES string of the molecule is CCCNC(=O)c1cc(-c2ccccc2)n[nH]1. The first-order valence-corrected chi connectivity index (χ1v) is 5.70. The van der Waals surface area contributed by atoms with E-state index in [0.717, 1.165) is 17.7 Å². The number of H-pyrrole nitrogens is 1. The summed E-state index contributed by atoms with van der Waals surface area (Å²) in [6, 6.07) is 11.5. The lowest BCUT2D eigenvalue weighted by atomic mass is 10.1. The Hall–Kier alpha value is -2.10. The van der Waals surface area contributed by atoms with Gasteiger partial charge in [0.1, 0.15) is 5.69 Å². The first-order chi connectivity index (χ1) is 8.31. The van der Waals surface area contributed by atoms with Crippen LogP contribution in [0.15, 0.2) is 36.4 Å². The first kappa shape index (κ1) is 11.4. The Bertz CT molecular complexity index is 490. The third kappa shape index (κ3) is 2.72. The summed E-state index contributed by atoms with van der Waals surface area (Å²) in [7, 11) is 0. The zero-order valence-electron chi connectivity index (χ0n) is 9.73. The van der Waals surface area contributed by atoms with Crippen LogP contribution in [-0.4, -0.2) is 22.6 Å². The average molecular weight is 229 g/mol. The lowest BCUT2D eigenvalue weighted by Gasteiger charge is -1.98. The number of benzene rings is 1. The van der Waals surface area contributed by atoms with E-state index in [4.69, 9.17) is 0 Å². The number of nitrogens with zero attached hydrogens (tertiary/aromatic N) is 1. The van der Waals surface area contributed by atoms with E-state index in [9.17, 15) is 4.79 Å². The molecule has 17 heavy (non-hydrogen) atoms. The number of hydrogen-bond donors (Lipinski definition) is 2. The van der Waals surface area contributed by atoms with Gasteiger partial charge in [0.15, 0.2) is 0 Å². The lowest BCUT2D eigenvalue weighted by Crippen LogP contribution is -2.24. The predicted molar refractivity (Wildman–Crippen MR) is 66.6 cm³/mol. The Morgan fingerprint density at radius 1 is 1.35 bits per heavy atom. The van der Waals surface area contributed by atoms with Gasteiger partial charge in [-0.25, -0.2) is 0 Å². The Labute approximate surface area is 100 Å². The van der Waals surface area contributed by atoms with Gasteiger partial charge in [-0.15, -0.1) is 0 Å². The van der Waals surface area contributed by atoms with Crippen molar-refractivity contribution in [1.82, 2.24) is 15.5 Å². The second kappa shape index (κ2) is 5.30. The highest BCUT2D eigenvalue weighted by atomic mass is 16.1. The summed E-state index contributed by atoms with van der Waals surface area (Å²) in [5, 5.41) is 9.68. The number of aromatic nitrogens is 2. The van der Waals surface area contributed by atoms with E-state index in [1.165, 1.54) is 0 Å². The summed E-state index contributed by atoms with van der Waals surface area (Å²) in [6.07, 6.45) is 0.922. The van der Waals surface area contributed by atoms with Gasteiger partial charge in [0.2, 0.25) is 0 Å². The van der Waals surface area contributed by atoms with Crippen LogP contribution in [0.5, 0.6) is 0 Å². The van der Waals surface area contributed by atoms with Crippen LogP contribution in [0.3, 0.4) is 0 Å². The number of rotatable bonds is 4. The van der Waals surface area contributed by atoms with Crippen LogP contribution in [-0.2, 0) is 0 Å². The molecule has 2 N–H and O–H groups in total. The van der Waals surface area contributed by atoms with Gasteiger partial charge in [-0.3, -0.25) is 9.89 Å². The highest BCUT2D eigenvalue weighted by Crippen LogP contribution is 2.16. The molecule has 0 aliphatic carbocycles. The van der Waals surface area contributed by atoms with Gasteiger partial charge in [0.05, 0.1) is 5.69 Å². The Kier molecular flexibility index (Phi) is 3.55. The van der Waals surface area contributed by atoms with Gasteiger partial charge in [-0.05, 0) is 12.5 Å². The van der Waals surface area contributed by atoms with Gasteiger partial charge in [0, 0.05) is 12.1 Å². The fourth-order valence-corrected chi connectivity index (χ4v) is 1.53. The number of hydrogen-bond acceptors (Lipinski definition) is 2. The summed E-state index contributed by atoms with van der Waals surface area (Å²) in [4.78, 5) is 11.7. The largest absolute Gasteiger partial charge is 0.351 e. The third-order valence-electron chi connectivity index (χ3n) is 2.43. The molecule has 0 saturated carbocycles. The van der Waals surface area contributed by atoms with Crippen LogP contribution in [0.1, 0.15) is 23.8 Å². The van der Waals surface area contributed by atoms with E-state index < -0.39 is 0 Å². The zero-order valence-corrected chi connectivity index (χ0v) is 9.73. The quantitative estimate of drug-likeness (QED) is 0.844. The topological polar surface area (TPSA) is 57.8 Å². The molecule has 4 nitrogen and oxygen atoms in total. The molecule has 1 aromatic carbocycles. The molecule has 1 amide bonds. The summed E-state index contributed by atoms with van der Waals surface area (Å²) in [6.45, 7) is 2.70. The van der Waals surface area contributed by atoms with E-state index in [-0.39, 0.29) is 5.91 Å². The number of amides is 1. The molecule has 2 rings (SSSR count). The minimum absolute atomic E-state index is 0.110. The van der Waals surface area contributed by atoms with Crippen molar-refractivity contribution >= 4 is 5.91 Å². The summed E-state index contributed by atoms with van der Waals surface area (Å²) < 4.78 is 0. The highest BCUT2D eigenvalue weighted by molar-refractivity contribution is 5.93. The molecule has 0 radical (unpaired) electrons. The molecule has 0 spiro atoms. The van der Waals surface area contributed by atoms with Gasteiger partial charge in [0.25, 0.3) is 5.91 Å². The van der Waals surface area contributed by atoms with Crippen LogP contribution in [0.2, 0.25) is 0 Å². The smallest absolute Gasteiger partial charge is 0.269 e. The third-order valence-corrected chi connectivity index (χ3v) is 2.43. The normalized spacial score (nSPS) is 10.2. The van der Waals surface area contributed by atoms with E-state index in [1.807, 2.05) is 37.3 Å². The Morgan fingerprint density at radius 2 is 2.12 bits per heavy atom. The van der Waals surface area contributed by atoms with Gasteiger partial charge in [-0.2, -0.15) is 5.10 Å². The molecule has 0 aliphatic heterocycles. The van der Waals surface area contributed by atoms with E-state index in [0.29, 0.717) is 12.2 Å². The maximum atomic E-state index is 11.7. The fraction of sp³-hybridized carbons (Fsp3) is 0.231. The monoisotopic (exact) mass is 229 g/mol. The number of aromatic amines is 1. The second-order valence-electron chi connectivity index (χ2n) is 3.79. The molecule has 1 aromatic heterocycles. The number of nitrogens with one attached hydrogen (secondary N) is 2. The summed E-state index contributed by atoms with van der Waals surface area (Å²) in [5.74, 6) is -0.110. The van der Waals surface area contributed by atoms with Gasteiger partial charge < -0.3 is 5.32 Å².